The number of benzene rings is 3. The fourth-order valence-corrected chi connectivity index (χ4v) is 4.49. The van der Waals surface area contributed by atoms with Crippen molar-refractivity contribution in [3.8, 4) is 11.5 Å². The Bertz CT molecular complexity index is 1110. The van der Waals surface area contributed by atoms with Gasteiger partial charge in [0, 0.05) is 19.5 Å². The Morgan fingerprint density at radius 1 is 1.00 bits per heavy atom. The van der Waals surface area contributed by atoms with Gasteiger partial charge < -0.3 is 14.6 Å². The Morgan fingerprint density at radius 2 is 1.83 bits per heavy atom. The van der Waals surface area contributed by atoms with Crippen molar-refractivity contribution in [2.75, 3.05) is 19.8 Å². The average molecular weight is 474 g/mol. The van der Waals surface area contributed by atoms with Gasteiger partial charge in [-0.05, 0) is 84.8 Å². The maximum Gasteiger partial charge on any atom is 0.335 e. The van der Waals surface area contributed by atoms with E-state index in [0.717, 1.165) is 74.6 Å². The van der Waals surface area contributed by atoms with Crippen molar-refractivity contribution < 1.29 is 19.4 Å². The Labute approximate surface area is 208 Å². The number of fused-ring (bicyclic) bond motifs is 3. The van der Waals surface area contributed by atoms with Crippen molar-refractivity contribution in [1.82, 2.24) is 4.90 Å². The van der Waals surface area contributed by atoms with Crippen molar-refractivity contribution in [2.45, 2.75) is 52.1 Å². The van der Waals surface area contributed by atoms with Gasteiger partial charge in [-0.25, -0.2) is 4.79 Å². The lowest BCUT2D eigenvalue weighted by molar-refractivity contribution is 0.0696. The number of hydrogen-bond donors (Lipinski definition) is 1. The molecule has 0 fully saturated rings. The molecule has 2 bridgehead atoms. The van der Waals surface area contributed by atoms with Crippen LogP contribution < -0.4 is 9.47 Å². The summed E-state index contributed by atoms with van der Waals surface area (Å²) in [5, 5.41) is 9.45. The van der Waals surface area contributed by atoms with E-state index in [-0.39, 0.29) is 0 Å². The molecule has 1 N–H and O–H groups in total. The number of carboxylic acids is 1. The summed E-state index contributed by atoms with van der Waals surface area (Å²) >= 11 is 0. The van der Waals surface area contributed by atoms with Crippen molar-refractivity contribution in [2.24, 2.45) is 0 Å². The molecule has 3 aromatic rings. The van der Waals surface area contributed by atoms with Crippen LogP contribution in [-0.2, 0) is 19.5 Å². The molecule has 0 saturated heterocycles. The van der Waals surface area contributed by atoms with Gasteiger partial charge in [0.25, 0.3) is 0 Å². The van der Waals surface area contributed by atoms with Crippen molar-refractivity contribution in [3.05, 3.63) is 94.5 Å². The standard InChI is InChI=1S/C30H35NO4/c1-2-16-34-28-12-9-23(10-13-28)21-31-15-4-3-5-17-35-29-14-11-26(30(32)33)20-27(29)19-24-7-6-8-25(18-24)22-31/h6-14,18,20H,2-5,15-17,19,21-22H2,1H3,(H,32,33). The van der Waals surface area contributed by atoms with Crippen LogP contribution in [0, 0.1) is 0 Å². The molecular weight excluding hydrogens is 438 g/mol. The van der Waals surface area contributed by atoms with Gasteiger partial charge in [0.15, 0.2) is 0 Å². The van der Waals surface area contributed by atoms with Crippen LogP contribution in [0.1, 0.15) is 65.2 Å². The lowest BCUT2D eigenvalue weighted by Gasteiger charge is -2.23. The summed E-state index contributed by atoms with van der Waals surface area (Å²) in [6.45, 7) is 6.28. The molecule has 5 heteroatoms. The topological polar surface area (TPSA) is 59.0 Å². The minimum Gasteiger partial charge on any atom is -0.494 e. The largest absolute Gasteiger partial charge is 0.494 e. The first-order valence-corrected chi connectivity index (χ1v) is 12.6. The third-order valence-electron chi connectivity index (χ3n) is 6.28. The quantitative estimate of drug-likeness (QED) is 0.453. The second-order valence-electron chi connectivity index (χ2n) is 9.24. The smallest absolute Gasteiger partial charge is 0.335 e. The van der Waals surface area contributed by atoms with Crippen molar-refractivity contribution >= 4 is 5.97 Å². The van der Waals surface area contributed by atoms with Gasteiger partial charge in [-0.15, -0.1) is 0 Å². The fraction of sp³-hybridized carbons (Fsp3) is 0.367. The molecule has 0 spiro atoms. The zero-order valence-electron chi connectivity index (χ0n) is 20.5. The van der Waals surface area contributed by atoms with Crippen LogP contribution in [0.2, 0.25) is 0 Å². The Hall–Kier alpha value is -3.31. The summed E-state index contributed by atoms with van der Waals surface area (Å²) in [4.78, 5) is 14.0. The lowest BCUT2D eigenvalue weighted by atomic mass is 9.99. The highest BCUT2D eigenvalue weighted by atomic mass is 16.5. The predicted molar refractivity (Wildman–Crippen MR) is 138 cm³/mol. The highest BCUT2D eigenvalue weighted by molar-refractivity contribution is 5.88. The molecule has 1 aliphatic heterocycles. The van der Waals surface area contributed by atoms with E-state index in [9.17, 15) is 9.90 Å². The molecule has 1 aliphatic rings. The summed E-state index contributed by atoms with van der Waals surface area (Å²) in [5.41, 5.74) is 4.91. The summed E-state index contributed by atoms with van der Waals surface area (Å²) in [6.07, 6.45) is 4.81. The fourth-order valence-electron chi connectivity index (χ4n) is 4.49. The number of ether oxygens (including phenoxy) is 2. The minimum absolute atomic E-state index is 0.293. The first-order valence-electron chi connectivity index (χ1n) is 12.6. The van der Waals surface area contributed by atoms with Gasteiger partial charge in [0.05, 0.1) is 18.8 Å². The molecule has 35 heavy (non-hydrogen) atoms. The highest BCUT2D eigenvalue weighted by Gasteiger charge is 2.13. The number of hydrogen-bond acceptors (Lipinski definition) is 4. The van der Waals surface area contributed by atoms with E-state index < -0.39 is 5.97 Å². The third kappa shape index (κ3) is 7.33. The predicted octanol–water partition coefficient (Wildman–Crippen LogP) is 6.33. The van der Waals surface area contributed by atoms with Gasteiger partial charge in [-0.1, -0.05) is 43.3 Å². The zero-order chi connectivity index (χ0) is 24.5. The molecule has 0 aliphatic carbocycles. The molecule has 0 saturated carbocycles. The van der Waals surface area contributed by atoms with E-state index in [1.165, 1.54) is 11.1 Å². The lowest BCUT2D eigenvalue weighted by Crippen LogP contribution is -2.24. The van der Waals surface area contributed by atoms with Crippen LogP contribution in [-0.4, -0.2) is 35.7 Å². The molecular formula is C30H35NO4. The van der Waals surface area contributed by atoms with Crippen LogP contribution in [0.15, 0.2) is 66.7 Å². The molecule has 0 aromatic heterocycles. The number of aromatic carboxylic acids is 1. The Morgan fingerprint density at radius 3 is 2.63 bits per heavy atom. The van der Waals surface area contributed by atoms with E-state index in [0.29, 0.717) is 18.6 Å². The summed E-state index contributed by atoms with van der Waals surface area (Å²) < 4.78 is 11.8. The highest BCUT2D eigenvalue weighted by Crippen LogP contribution is 2.25. The molecule has 0 atom stereocenters. The molecule has 5 nitrogen and oxygen atoms in total. The third-order valence-corrected chi connectivity index (χ3v) is 6.28. The molecule has 1 heterocycles. The van der Waals surface area contributed by atoms with Gasteiger partial charge in [0.2, 0.25) is 0 Å². The number of nitrogens with zero attached hydrogens (tertiary/aromatic N) is 1. The van der Waals surface area contributed by atoms with Crippen molar-refractivity contribution in [1.29, 1.82) is 0 Å². The number of carboxylic acid groups (broad SMARTS) is 1. The SMILES string of the molecule is CCCOc1ccc(CN2CCCCCOc3ccc(C(=O)O)cc3Cc3cccc(c3)C2)cc1. The van der Waals surface area contributed by atoms with Gasteiger partial charge in [0.1, 0.15) is 11.5 Å². The Balaban J connectivity index is 1.53. The molecule has 0 amide bonds. The van der Waals surface area contributed by atoms with E-state index in [2.05, 4.69) is 60.4 Å². The van der Waals surface area contributed by atoms with Crippen LogP contribution in [0.4, 0.5) is 0 Å². The van der Waals surface area contributed by atoms with Gasteiger partial charge in [-0.2, -0.15) is 0 Å². The first kappa shape index (κ1) is 24.8. The second kappa shape index (κ2) is 12.4. The minimum atomic E-state index is -0.915. The second-order valence-corrected chi connectivity index (χ2v) is 9.24. The summed E-state index contributed by atoms with van der Waals surface area (Å²) in [6, 6.07) is 22.2. The molecule has 3 aromatic carbocycles. The Kier molecular flexibility index (Phi) is 8.79. The normalized spacial score (nSPS) is 14.9. The number of rotatable bonds is 6. The molecule has 184 valence electrons. The van der Waals surface area contributed by atoms with Gasteiger partial charge >= 0.3 is 5.97 Å². The zero-order valence-corrected chi connectivity index (χ0v) is 20.5. The van der Waals surface area contributed by atoms with Crippen LogP contribution in [0.5, 0.6) is 11.5 Å². The summed E-state index contributed by atoms with van der Waals surface area (Å²) in [7, 11) is 0. The van der Waals surface area contributed by atoms with Crippen molar-refractivity contribution in [3.63, 3.8) is 0 Å². The van der Waals surface area contributed by atoms with E-state index in [1.807, 2.05) is 0 Å². The van der Waals surface area contributed by atoms with E-state index >= 15 is 0 Å². The van der Waals surface area contributed by atoms with Gasteiger partial charge in [-0.3, -0.25) is 4.90 Å². The monoisotopic (exact) mass is 473 g/mol. The average Bonchev–Trinajstić information content (AvgIpc) is 2.86. The maximum absolute atomic E-state index is 11.5. The summed E-state index contributed by atoms with van der Waals surface area (Å²) in [5.74, 6) is 0.794. The van der Waals surface area contributed by atoms with Crippen LogP contribution in [0.3, 0.4) is 0 Å². The van der Waals surface area contributed by atoms with Crippen LogP contribution in [0.25, 0.3) is 0 Å². The van der Waals surface area contributed by atoms with E-state index in [1.54, 1.807) is 18.2 Å². The van der Waals surface area contributed by atoms with Crippen LogP contribution >= 0.6 is 0 Å². The van der Waals surface area contributed by atoms with E-state index in [4.69, 9.17) is 9.47 Å². The molecule has 4 rings (SSSR count). The molecule has 0 unspecified atom stereocenters. The maximum atomic E-state index is 11.5. The molecule has 0 radical (unpaired) electrons. The first-order chi connectivity index (χ1) is 17.1. The number of carbonyl (C=O) groups is 1.